The minimum atomic E-state index is -0.00174. The fraction of sp³-hybridized carbons (Fsp3) is 0.700. The Morgan fingerprint density at radius 2 is 2.18 bits per heavy atom. The van der Waals surface area contributed by atoms with Crippen molar-refractivity contribution in [3.8, 4) is 6.07 Å². The normalized spacial score (nSPS) is 35.7. The summed E-state index contributed by atoms with van der Waals surface area (Å²) in [5.74, 6) is 0. The average molecular weight is 147 g/mol. The second-order valence-corrected chi connectivity index (χ2v) is 3.67. The molecule has 0 aliphatic heterocycles. The fourth-order valence-electron chi connectivity index (χ4n) is 2.43. The summed E-state index contributed by atoms with van der Waals surface area (Å²) in [5, 5.41) is 9.06. The van der Waals surface area contributed by atoms with E-state index in [-0.39, 0.29) is 5.41 Å². The molecule has 1 atom stereocenters. The minimum absolute atomic E-state index is 0.00174. The van der Waals surface area contributed by atoms with Crippen LogP contribution in [0.3, 0.4) is 0 Å². The lowest BCUT2D eigenvalue weighted by molar-refractivity contribution is 0.414. The molecule has 1 unspecified atom stereocenters. The molecule has 0 aromatic carbocycles. The van der Waals surface area contributed by atoms with Crippen molar-refractivity contribution in [2.24, 2.45) is 5.41 Å². The van der Waals surface area contributed by atoms with E-state index in [9.17, 15) is 0 Å². The van der Waals surface area contributed by atoms with Gasteiger partial charge in [-0.3, -0.25) is 0 Å². The van der Waals surface area contributed by atoms with Crippen molar-refractivity contribution in [2.75, 3.05) is 0 Å². The molecule has 58 valence electrons. The largest absolute Gasteiger partial charge is 0.197 e. The molecule has 0 amide bonds. The Hall–Kier alpha value is -0.770. The number of fused-ring (bicyclic) bond motifs is 1. The highest BCUT2D eigenvalue weighted by atomic mass is 14.4. The first-order chi connectivity index (χ1) is 5.37. The molecular weight excluding hydrogens is 134 g/mol. The molecule has 1 heteroatoms. The number of nitrogens with zero attached hydrogens (tertiary/aromatic N) is 1. The van der Waals surface area contributed by atoms with E-state index in [1.807, 2.05) is 0 Å². The Morgan fingerprint density at radius 3 is 2.91 bits per heavy atom. The van der Waals surface area contributed by atoms with E-state index in [0.717, 1.165) is 12.8 Å². The van der Waals surface area contributed by atoms with Crippen molar-refractivity contribution in [3.63, 3.8) is 0 Å². The third-order valence-corrected chi connectivity index (χ3v) is 3.08. The lowest BCUT2D eigenvalue weighted by Crippen LogP contribution is -2.18. The van der Waals surface area contributed by atoms with Gasteiger partial charge in [0.1, 0.15) is 0 Å². The third kappa shape index (κ3) is 0.894. The molecule has 0 N–H and O–H groups in total. The molecule has 0 radical (unpaired) electrons. The Bertz CT molecular complexity index is 234. The van der Waals surface area contributed by atoms with E-state index in [4.69, 9.17) is 5.26 Å². The zero-order chi connectivity index (χ0) is 7.73. The van der Waals surface area contributed by atoms with Crippen LogP contribution in [0.4, 0.5) is 0 Å². The van der Waals surface area contributed by atoms with E-state index >= 15 is 0 Å². The summed E-state index contributed by atoms with van der Waals surface area (Å²) in [6.07, 6.45) is 9.40. The minimum Gasteiger partial charge on any atom is -0.197 e. The first kappa shape index (κ1) is 6.91. The molecule has 1 fully saturated rings. The first-order valence-electron chi connectivity index (χ1n) is 4.48. The summed E-state index contributed by atoms with van der Waals surface area (Å²) in [7, 11) is 0. The van der Waals surface area contributed by atoms with E-state index in [1.165, 1.54) is 31.3 Å². The smallest absolute Gasteiger partial charge is 0.0782 e. The number of hydrogen-bond acceptors (Lipinski definition) is 1. The highest BCUT2D eigenvalue weighted by Gasteiger charge is 2.39. The van der Waals surface area contributed by atoms with Crippen LogP contribution in [0, 0.1) is 16.7 Å². The summed E-state index contributed by atoms with van der Waals surface area (Å²) in [6.45, 7) is 0. The van der Waals surface area contributed by atoms with Crippen LogP contribution in [-0.2, 0) is 0 Å². The lowest BCUT2D eigenvalue weighted by Gasteiger charge is -2.26. The molecule has 0 aromatic heterocycles. The fourth-order valence-corrected chi connectivity index (χ4v) is 2.43. The molecule has 0 saturated heterocycles. The van der Waals surface area contributed by atoms with Gasteiger partial charge in [0.2, 0.25) is 0 Å². The summed E-state index contributed by atoms with van der Waals surface area (Å²) in [5.41, 5.74) is 1.45. The van der Waals surface area contributed by atoms with Gasteiger partial charge in [0.25, 0.3) is 0 Å². The van der Waals surface area contributed by atoms with Crippen LogP contribution in [-0.4, -0.2) is 0 Å². The Morgan fingerprint density at radius 1 is 1.36 bits per heavy atom. The van der Waals surface area contributed by atoms with E-state index in [1.54, 1.807) is 0 Å². The average Bonchev–Trinajstić information content (AvgIpc) is 2.48. The van der Waals surface area contributed by atoms with Crippen molar-refractivity contribution in [1.82, 2.24) is 0 Å². The van der Waals surface area contributed by atoms with Crippen LogP contribution in [0.1, 0.15) is 38.5 Å². The molecule has 0 aromatic rings. The van der Waals surface area contributed by atoms with E-state index in [0.29, 0.717) is 0 Å². The van der Waals surface area contributed by atoms with Crippen LogP contribution >= 0.6 is 0 Å². The number of rotatable bonds is 0. The predicted octanol–water partition coefficient (Wildman–Crippen LogP) is 2.79. The van der Waals surface area contributed by atoms with Gasteiger partial charge in [0.05, 0.1) is 11.5 Å². The first-order valence-corrected chi connectivity index (χ1v) is 4.48. The van der Waals surface area contributed by atoms with Gasteiger partial charge in [0, 0.05) is 0 Å². The number of nitriles is 1. The van der Waals surface area contributed by atoms with E-state index < -0.39 is 0 Å². The van der Waals surface area contributed by atoms with E-state index in [2.05, 4.69) is 12.1 Å². The molecule has 1 saturated carbocycles. The maximum absolute atomic E-state index is 9.06. The quantitative estimate of drug-likeness (QED) is 0.483. The number of hydrogen-bond donors (Lipinski definition) is 0. The molecule has 0 bridgehead atoms. The molecule has 0 heterocycles. The zero-order valence-electron chi connectivity index (χ0n) is 6.77. The highest BCUT2D eigenvalue weighted by Crippen LogP contribution is 2.48. The van der Waals surface area contributed by atoms with Crippen LogP contribution in [0.25, 0.3) is 0 Å². The summed E-state index contributed by atoms with van der Waals surface area (Å²) >= 11 is 0. The Labute approximate surface area is 67.7 Å². The second-order valence-electron chi connectivity index (χ2n) is 3.67. The van der Waals surface area contributed by atoms with Gasteiger partial charge in [0.15, 0.2) is 0 Å². The van der Waals surface area contributed by atoms with Crippen molar-refractivity contribution in [2.45, 2.75) is 38.5 Å². The van der Waals surface area contributed by atoms with Crippen molar-refractivity contribution >= 4 is 0 Å². The highest BCUT2D eigenvalue weighted by molar-refractivity contribution is 5.29. The maximum Gasteiger partial charge on any atom is 0.0782 e. The van der Waals surface area contributed by atoms with Crippen LogP contribution in [0.15, 0.2) is 11.6 Å². The van der Waals surface area contributed by atoms with Crippen LogP contribution in [0.5, 0.6) is 0 Å². The lowest BCUT2D eigenvalue weighted by atomic mass is 9.76. The third-order valence-electron chi connectivity index (χ3n) is 3.08. The molecule has 11 heavy (non-hydrogen) atoms. The van der Waals surface area contributed by atoms with Gasteiger partial charge >= 0.3 is 0 Å². The van der Waals surface area contributed by atoms with Gasteiger partial charge < -0.3 is 0 Å². The summed E-state index contributed by atoms with van der Waals surface area (Å²) < 4.78 is 0. The van der Waals surface area contributed by atoms with Gasteiger partial charge in [-0.15, -0.1) is 0 Å². The topological polar surface area (TPSA) is 23.8 Å². The van der Waals surface area contributed by atoms with Crippen LogP contribution < -0.4 is 0 Å². The molecular formula is C10H13N. The predicted molar refractivity (Wildman–Crippen MR) is 43.8 cm³/mol. The van der Waals surface area contributed by atoms with Gasteiger partial charge in [-0.2, -0.15) is 5.26 Å². The van der Waals surface area contributed by atoms with Gasteiger partial charge in [-0.05, 0) is 38.5 Å². The molecule has 2 aliphatic carbocycles. The monoisotopic (exact) mass is 147 g/mol. The zero-order valence-corrected chi connectivity index (χ0v) is 6.77. The maximum atomic E-state index is 9.06. The van der Waals surface area contributed by atoms with Crippen LogP contribution in [0.2, 0.25) is 0 Å². The second kappa shape index (κ2) is 2.37. The van der Waals surface area contributed by atoms with Crippen molar-refractivity contribution in [1.29, 1.82) is 5.26 Å². The summed E-state index contributed by atoms with van der Waals surface area (Å²) in [4.78, 5) is 0. The van der Waals surface area contributed by atoms with Crippen molar-refractivity contribution in [3.05, 3.63) is 11.6 Å². The number of allylic oxidation sites excluding steroid dienone is 2. The standard InChI is InChI=1S/C10H13N/c11-8-10-6-2-1-4-9(10)5-3-7-10/h4H,1-3,5-7H2. The Kier molecular flexibility index (Phi) is 1.49. The van der Waals surface area contributed by atoms with Crippen molar-refractivity contribution < 1.29 is 0 Å². The van der Waals surface area contributed by atoms with Gasteiger partial charge in [-0.25, -0.2) is 0 Å². The Balaban J connectivity index is 2.36. The van der Waals surface area contributed by atoms with Gasteiger partial charge in [-0.1, -0.05) is 11.6 Å². The molecule has 2 aliphatic rings. The summed E-state index contributed by atoms with van der Waals surface area (Å²) in [6, 6.07) is 2.51. The molecule has 2 rings (SSSR count). The SMILES string of the molecule is N#CC12CCCC=C1CCC2. The molecule has 1 nitrogen and oxygen atoms in total. The molecule has 0 spiro atoms.